The summed E-state index contributed by atoms with van der Waals surface area (Å²) >= 11 is 12.6. The van der Waals surface area contributed by atoms with Gasteiger partial charge in [-0.2, -0.15) is 0 Å². The molecule has 12 heteroatoms. The van der Waals surface area contributed by atoms with Crippen LogP contribution in [0.25, 0.3) is 5.69 Å². The Hall–Kier alpha value is -4.28. The Kier molecular flexibility index (Phi) is 8.74. The number of para-hydroxylation sites is 1. The second-order valence-corrected chi connectivity index (χ2v) is 10.7. The number of hydrogen-bond acceptors (Lipinski definition) is 5. The molecule has 0 bridgehead atoms. The normalized spacial score (nSPS) is 11.8. The van der Waals surface area contributed by atoms with Gasteiger partial charge in [0, 0.05) is 35.5 Å². The molecule has 8 nitrogen and oxygen atoms in total. The van der Waals surface area contributed by atoms with Gasteiger partial charge < -0.3 is 10.0 Å². The molecule has 41 heavy (non-hydrogen) atoms. The third kappa shape index (κ3) is 6.72. The molecule has 0 saturated heterocycles. The van der Waals surface area contributed by atoms with Gasteiger partial charge in [0.1, 0.15) is 23.0 Å². The summed E-state index contributed by atoms with van der Waals surface area (Å²) in [6, 6.07) is 14.7. The van der Waals surface area contributed by atoms with E-state index < -0.39 is 22.6 Å². The van der Waals surface area contributed by atoms with Gasteiger partial charge in [-0.05, 0) is 57.2 Å². The first kappa shape index (κ1) is 29.7. The van der Waals surface area contributed by atoms with Crippen molar-refractivity contribution >= 4 is 40.6 Å². The van der Waals surface area contributed by atoms with Crippen molar-refractivity contribution in [3.05, 3.63) is 127 Å². The number of nitrogens with one attached hydrogen (secondary N) is 1. The van der Waals surface area contributed by atoms with E-state index in [2.05, 4.69) is 10.5 Å². The van der Waals surface area contributed by atoms with Crippen LogP contribution < -0.4 is 15.6 Å². The predicted octanol–water partition coefficient (Wildman–Crippen LogP) is 6.01. The van der Waals surface area contributed by atoms with Crippen molar-refractivity contribution < 1.29 is 23.1 Å². The van der Waals surface area contributed by atoms with Crippen molar-refractivity contribution in [2.45, 2.75) is 27.4 Å². The van der Waals surface area contributed by atoms with Crippen LogP contribution in [0.15, 0.2) is 82.9 Å². The SMILES string of the molecule is CC(C)(C)C(=O)Nc1cccc(CO/N=C(\c2ccc(=O)n(-c3c(Cl)cccc3Cl)c2)c2ccc(F)cc2F)[n+]1[O-]. The van der Waals surface area contributed by atoms with Crippen LogP contribution in [-0.4, -0.2) is 16.2 Å². The largest absolute Gasteiger partial charge is 0.710 e. The van der Waals surface area contributed by atoms with E-state index in [0.717, 1.165) is 6.07 Å². The number of anilines is 1. The van der Waals surface area contributed by atoms with Gasteiger partial charge in [0.05, 0.1) is 21.1 Å². The minimum atomic E-state index is -0.938. The van der Waals surface area contributed by atoms with Crippen LogP contribution in [0.5, 0.6) is 0 Å². The molecule has 0 spiro atoms. The van der Waals surface area contributed by atoms with Gasteiger partial charge in [-0.25, -0.2) is 23.6 Å². The van der Waals surface area contributed by atoms with E-state index in [0.29, 0.717) is 10.8 Å². The van der Waals surface area contributed by atoms with Crippen molar-refractivity contribution in [2.75, 3.05) is 5.32 Å². The molecule has 0 unspecified atom stereocenters. The first-order valence-corrected chi connectivity index (χ1v) is 13.0. The van der Waals surface area contributed by atoms with Gasteiger partial charge in [0.15, 0.2) is 6.61 Å². The summed E-state index contributed by atoms with van der Waals surface area (Å²) in [7, 11) is 0. The van der Waals surface area contributed by atoms with E-state index in [1.165, 1.54) is 41.1 Å². The molecule has 0 atom stereocenters. The maximum Gasteiger partial charge on any atom is 0.312 e. The number of amides is 1. The van der Waals surface area contributed by atoms with Gasteiger partial charge in [-0.15, -0.1) is 0 Å². The molecule has 1 N–H and O–H groups in total. The maximum absolute atomic E-state index is 14.9. The van der Waals surface area contributed by atoms with Crippen LogP contribution >= 0.6 is 23.2 Å². The van der Waals surface area contributed by atoms with Crippen molar-refractivity contribution in [2.24, 2.45) is 10.6 Å². The number of pyridine rings is 2. The smallest absolute Gasteiger partial charge is 0.312 e. The fourth-order valence-corrected chi connectivity index (χ4v) is 4.25. The highest BCUT2D eigenvalue weighted by Crippen LogP contribution is 2.28. The lowest BCUT2D eigenvalue weighted by molar-refractivity contribution is -0.601. The Morgan fingerprint density at radius 1 is 1.05 bits per heavy atom. The molecular formula is C29H24Cl2F2N4O4. The fourth-order valence-electron chi connectivity index (χ4n) is 3.67. The molecule has 0 aliphatic heterocycles. The Labute approximate surface area is 244 Å². The fraction of sp³-hybridized carbons (Fsp3) is 0.172. The summed E-state index contributed by atoms with van der Waals surface area (Å²) in [5, 5.41) is 19.9. The zero-order valence-corrected chi connectivity index (χ0v) is 23.6. The van der Waals surface area contributed by atoms with E-state index in [9.17, 15) is 23.6 Å². The molecule has 2 aromatic carbocycles. The molecule has 2 heterocycles. The topological polar surface area (TPSA) is 99.6 Å². The second kappa shape index (κ2) is 12.1. The molecule has 0 aliphatic rings. The number of halogens is 4. The molecule has 2 aromatic heterocycles. The number of rotatable bonds is 7. The number of oxime groups is 1. The van der Waals surface area contributed by atoms with Crippen molar-refractivity contribution in [1.82, 2.24) is 4.57 Å². The zero-order chi connectivity index (χ0) is 29.9. The van der Waals surface area contributed by atoms with E-state index in [4.69, 9.17) is 28.0 Å². The number of nitrogens with zero attached hydrogens (tertiary/aromatic N) is 3. The highest BCUT2D eigenvalue weighted by atomic mass is 35.5. The van der Waals surface area contributed by atoms with Crippen molar-refractivity contribution in [1.29, 1.82) is 0 Å². The lowest BCUT2D eigenvalue weighted by Crippen LogP contribution is -2.39. The van der Waals surface area contributed by atoms with E-state index >= 15 is 0 Å². The summed E-state index contributed by atoms with van der Waals surface area (Å²) in [6.45, 7) is 4.75. The molecule has 212 valence electrons. The number of benzene rings is 2. The Balaban J connectivity index is 1.74. The van der Waals surface area contributed by atoms with Gasteiger partial charge in [-0.1, -0.05) is 40.5 Å². The number of hydrogen-bond donors (Lipinski definition) is 1. The molecule has 0 radical (unpaired) electrons. The van der Waals surface area contributed by atoms with Crippen LogP contribution in [0, 0.1) is 22.3 Å². The molecule has 4 rings (SSSR count). The lowest BCUT2D eigenvalue weighted by atomic mass is 9.96. The summed E-state index contributed by atoms with van der Waals surface area (Å²) in [5.41, 5.74) is -0.964. The minimum Gasteiger partial charge on any atom is -0.710 e. The third-order valence-electron chi connectivity index (χ3n) is 5.86. The number of carbonyl (C=O) groups excluding carboxylic acids is 1. The molecule has 1 amide bonds. The first-order valence-electron chi connectivity index (χ1n) is 12.2. The summed E-state index contributed by atoms with van der Waals surface area (Å²) < 4.78 is 30.3. The molecule has 0 saturated carbocycles. The van der Waals surface area contributed by atoms with Crippen LogP contribution in [0.1, 0.15) is 37.6 Å². The van der Waals surface area contributed by atoms with E-state index in [1.807, 2.05) is 0 Å². The first-order chi connectivity index (χ1) is 19.4. The quantitative estimate of drug-likeness (QED) is 0.121. The second-order valence-electron chi connectivity index (χ2n) is 9.93. The molecular weight excluding hydrogens is 577 g/mol. The summed E-state index contributed by atoms with van der Waals surface area (Å²) in [4.78, 5) is 30.5. The average Bonchev–Trinajstić information content (AvgIpc) is 2.89. The highest BCUT2D eigenvalue weighted by Gasteiger charge is 2.27. The Bertz CT molecular complexity index is 1700. The maximum atomic E-state index is 14.9. The minimum absolute atomic E-state index is 0.0106. The van der Waals surface area contributed by atoms with Gasteiger partial charge >= 0.3 is 5.91 Å². The van der Waals surface area contributed by atoms with Crippen molar-refractivity contribution in [3.63, 3.8) is 0 Å². The van der Waals surface area contributed by atoms with Gasteiger partial charge in [0.25, 0.3) is 11.4 Å². The molecule has 0 aliphatic carbocycles. The van der Waals surface area contributed by atoms with Gasteiger partial charge in [0.2, 0.25) is 0 Å². The van der Waals surface area contributed by atoms with Crippen LogP contribution in [0.4, 0.5) is 14.6 Å². The lowest BCUT2D eigenvalue weighted by Gasteiger charge is -2.17. The van der Waals surface area contributed by atoms with Crippen LogP contribution in [-0.2, 0) is 16.2 Å². The molecule has 4 aromatic rings. The highest BCUT2D eigenvalue weighted by molar-refractivity contribution is 6.37. The van der Waals surface area contributed by atoms with E-state index in [1.54, 1.807) is 45.0 Å². The monoisotopic (exact) mass is 600 g/mol. The molecule has 0 fully saturated rings. The Morgan fingerprint density at radius 3 is 2.39 bits per heavy atom. The standard InChI is InChI=1S/C29H24Cl2F2N4O4/c1-29(2,3)28(39)34-24-9-4-6-19(37(24)40)16-41-35-26(20-12-11-18(32)14-23(20)33)17-10-13-25(38)36(15-17)27-21(30)7-5-8-22(27)31/h4-15H,16H2,1-3H3,(H,34,39)/b35-26+. The number of carbonyl (C=O) groups is 1. The summed E-state index contributed by atoms with van der Waals surface area (Å²) in [5.74, 6) is -2.11. The zero-order valence-electron chi connectivity index (χ0n) is 22.1. The van der Waals surface area contributed by atoms with Crippen LogP contribution in [0.2, 0.25) is 10.0 Å². The Morgan fingerprint density at radius 2 is 1.73 bits per heavy atom. The predicted molar refractivity (Wildman–Crippen MR) is 152 cm³/mol. The summed E-state index contributed by atoms with van der Waals surface area (Å²) in [6.07, 6.45) is 1.34. The average molecular weight is 601 g/mol. The third-order valence-corrected chi connectivity index (χ3v) is 6.47. The van der Waals surface area contributed by atoms with E-state index in [-0.39, 0.29) is 56.6 Å². The number of aromatic nitrogens is 2. The van der Waals surface area contributed by atoms with Crippen LogP contribution in [0.3, 0.4) is 0 Å². The van der Waals surface area contributed by atoms with Gasteiger partial charge in [-0.3, -0.25) is 9.36 Å². The van der Waals surface area contributed by atoms with Crippen molar-refractivity contribution in [3.8, 4) is 5.69 Å².